The molecule has 1 aromatic rings. The van der Waals surface area contributed by atoms with E-state index in [0.29, 0.717) is 6.04 Å². The van der Waals surface area contributed by atoms with Gasteiger partial charge in [-0.3, -0.25) is 0 Å². The van der Waals surface area contributed by atoms with Gasteiger partial charge >= 0.3 is 0 Å². The fourth-order valence-electron chi connectivity index (χ4n) is 2.08. The second-order valence-corrected chi connectivity index (χ2v) is 4.90. The summed E-state index contributed by atoms with van der Waals surface area (Å²) >= 11 is 6.16. The lowest BCUT2D eigenvalue weighted by atomic mass is 10.1. The Morgan fingerprint density at radius 3 is 2.56 bits per heavy atom. The number of halogens is 1. The van der Waals surface area contributed by atoms with Gasteiger partial charge in [-0.25, -0.2) is 4.98 Å². The van der Waals surface area contributed by atoms with Crippen LogP contribution in [0.2, 0.25) is 5.02 Å². The van der Waals surface area contributed by atoms with Crippen LogP contribution in [0.5, 0.6) is 0 Å². The number of aromatic nitrogens is 1. The number of hydrogen-bond donors (Lipinski definition) is 1. The molecular weight excluding hydrogens is 246 g/mol. The van der Waals surface area contributed by atoms with Gasteiger partial charge in [0.05, 0.1) is 5.02 Å². The van der Waals surface area contributed by atoms with Gasteiger partial charge in [0.2, 0.25) is 0 Å². The van der Waals surface area contributed by atoms with Crippen LogP contribution in [0.25, 0.3) is 0 Å². The maximum absolute atomic E-state index is 6.16. The monoisotopic (exact) mass is 269 g/mol. The van der Waals surface area contributed by atoms with Crippen LogP contribution in [0.1, 0.15) is 39.2 Å². The molecular formula is C14H24ClN3. The van der Waals surface area contributed by atoms with E-state index in [2.05, 4.69) is 49.1 Å². The molecule has 0 atom stereocenters. The molecule has 0 aliphatic heterocycles. The van der Waals surface area contributed by atoms with Crippen LogP contribution < -0.4 is 10.2 Å². The van der Waals surface area contributed by atoms with Crippen molar-refractivity contribution in [1.29, 1.82) is 0 Å². The second-order valence-electron chi connectivity index (χ2n) is 4.50. The van der Waals surface area contributed by atoms with Gasteiger partial charge in [-0.15, -0.1) is 0 Å². The summed E-state index contributed by atoms with van der Waals surface area (Å²) in [6.07, 6.45) is 4.00. The fourth-order valence-corrected chi connectivity index (χ4v) is 2.25. The van der Waals surface area contributed by atoms with Gasteiger partial charge in [0.1, 0.15) is 5.82 Å². The Balaban J connectivity index is 2.89. The number of nitrogens with zero attached hydrogens (tertiary/aromatic N) is 2. The predicted octanol–water partition coefficient (Wildman–Crippen LogP) is 3.47. The number of anilines is 1. The van der Waals surface area contributed by atoms with Gasteiger partial charge in [0.25, 0.3) is 0 Å². The van der Waals surface area contributed by atoms with Crippen LogP contribution in [0.15, 0.2) is 12.3 Å². The van der Waals surface area contributed by atoms with Crippen LogP contribution in [0.4, 0.5) is 5.82 Å². The molecule has 102 valence electrons. The Hall–Kier alpha value is -0.800. The first kappa shape index (κ1) is 15.3. The highest BCUT2D eigenvalue weighted by Crippen LogP contribution is 2.22. The highest BCUT2D eigenvalue weighted by atomic mass is 35.5. The molecule has 0 amide bonds. The van der Waals surface area contributed by atoms with Crippen LogP contribution in [-0.4, -0.2) is 24.6 Å². The average molecular weight is 270 g/mol. The molecule has 0 bridgehead atoms. The number of rotatable bonds is 7. The zero-order valence-electron chi connectivity index (χ0n) is 11.8. The largest absolute Gasteiger partial charge is 0.357 e. The van der Waals surface area contributed by atoms with Gasteiger partial charge < -0.3 is 10.2 Å². The van der Waals surface area contributed by atoms with Gasteiger partial charge in [-0.1, -0.05) is 32.4 Å². The number of hydrogen-bond acceptors (Lipinski definition) is 3. The van der Waals surface area contributed by atoms with Crippen molar-refractivity contribution >= 4 is 17.4 Å². The molecule has 0 fully saturated rings. The molecule has 3 nitrogen and oxygen atoms in total. The van der Waals surface area contributed by atoms with Crippen molar-refractivity contribution in [1.82, 2.24) is 10.3 Å². The van der Waals surface area contributed by atoms with Gasteiger partial charge in [-0.05, 0) is 31.0 Å². The van der Waals surface area contributed by atoms with E-state index in [1.807, 2.05) is 0 Å². The molecule has 0 saturated carbocycles. The first-order chi connectivity index (χ1) is 8.63. The summed E-state index contributed by atoms with van der Waals surface area (Å²) in [5.74, 6) is 1.00. The topological polar surface area (TPSA) is 28.2 Å². The lowest BCUT2D eigenvalue weighted by Gasteiger charge is -2.27. The zero-order valence-corrected chi connectivity index (χ0v) is 12.6. The van der Waals surface area contributed by atoms with Crippen molar-refractivity contribution < 1.29 is 0 Å². The quantitative estimate of drug-likeness (QED) is 0.822. The highest BCUT2D eigenvalue weighted by molar-refractivity contribution is 6.31. The summed E-state index contributed by atoms with van der Waals surface area (Å²) in [4.78, 5) is 6.67. The van der Waals surface area contributed by atoms with Crippen molar-refractivity contribution in [2.75, 3.05) is 18.5 Å². The summed E-state index contributed by atoms with van der Waals surface area (Å²) in [7, 11) is 2.10. The summed E-state index contributed by atoms with van der Waals surface area (Å²) < 4.78 is 0. The van der Waals surface area contributed by atoms with Crippen molar-refractivity contribution in [3.8, 4) is 0 Å². The van der Waals surface area contributed by atoms with E-state index in [4.69, 9.17) is 11.6 Å². The molecule has 1 N–H and O–H groups in total. The zero-order chi connectivity index (χ0) is 13.5. The molecule has 1 rings (SSSR count). The number of pyridine rings is 1. The van der Waals surface area contributed by atoms with Gasteiger partial charge in [0, 0.05) is 25.8 Å². The minimum absolute atomic E-state index is 0.533. The Kier molecular flexibility index (Phi) is 6.44. The van der Waals surface area contributed by atoms with Crippen LogP contribution in [-0.2, 0) is 6.54 Å². The Morgan fingerprint density at radius 2 is 2.00 bits per heavy atom. The SMILES string of the molecule is CCNCc1cc(N(C)C(CC)CC)ncc1Cl. The third-order valence-corrected chi connectivity index (χ3v) is 3.68. The van der Waals surface area contributed by atoms with Crippen LogP contribution >= 0.6 is 11.6 Å². The van der Waals surface area contributed by atoms with Crippen molar-refractivity contribution in [3.63, 3.8) is 0 Å². The molecule has 0 radical (unpaired) electrons. The van der Waals surface area contributed by atoms with Crippen LogP contribution in [0.3, 0.4) is 0 Å². The summed E-state index contributed by atoms with van der Waals surface area (Å²) in [5.41, 5.74) is 1.11. The van der Waals surface area contributed by atoms with E-state index >= 15 is 0 Å². The van der Waals surface area contributed by atoms with Crippen molar-refractivity contribution in [2.24, 2.45) is 0 Å². The van der Waals surface area contributed by atoms with Gasteiger partial charge in [-0.2, -0.15) is 0 Å². The predicted molar refractivity (Wildman–Crippen MR) is 79.4 cm³/mol. The minimum atomic E-state index is 0.533. The third kappa shape index (κ3) is 3.85. The summed E-state index contributed by atoms with van der Waals surface area (Å²) in [6.45, 7) is 8.24. The molecule has 18 heavy (non-hydrogen) atoms. The van der Waals surface area contributed by atoms with Crippen LogP contribution in [0, 0.1) is 0 Å². The maximum atomic E-state index is 6.16. The smallest absolute Gasteiger partial charge is 0.128 e. The fraction of sp³-hybridized carbons (Fsp3) is 0.643. The molecule has 0 spiro atoms. The second kappa shape index (κ2) is 7.59. The summed E-state index contributed by atoms with van der Waals surface area (Å²) in [5, 5.41) is 4.03. The third-order valence-electron chi connectivity index (χ3n) is 3.34. The highest BCUT2D eigenvalue weighted by Gasteiger charge is 2.13. The standard InChI is InChI=1S/C14H24ClN3/c1-5-12(6-2)18(4)14-8-11(9-16-7-3)13(15)10-17-14/h8,10,12,16H,5-7,9H2,1-4H3. The first-order valence-corrected chi connectivity index (χ1v) is 7.09. The van der Waals surface area contributed by atoms with E-state index in [1.54, 1.807) is 6.20 Å². The summed E-state index contributed by atoms with van der Waals surface area (Å²) in [6, 6.07) is 2.62. The molecule has 1 aromatic heterocycles. The molecule has 0 aliphatic rings. The minimum Gasteiger partial charge on any atom is -0.357 e. The molecule has 1 heterocycles. The first-order valence-electron chi connectivity index (χ1n) is 6.71. The molecule has 0 aromatic carbocycles. The van der Waals surface area contributed by atoms with Gasteiger partial charge in [0.15, 0.2) is 0 Å². The van der Waals surface area contributed by atoms with Crippen molar-refractivity contribution in [2.45, 2.75) is 46.2 Å². The van der Waals surface area contributed by atoms with Crippen molar-refractivity contribution in [3.05, 3.63) is 22.8 Å². The average Bonchev–Trinajstić information content (AvgIpc) is 2.39. The normalized spacial score (nSPS) is 11.0. The number of nitrogens with one attached hydrogen (secondary N) is 1. The molecule has 0 saturated heterocycles. The lowest BCUT2D eigenvalue weighted by Crippen LogP contribution is -2.31. The lowest BCUT2D eigenvalue weighted by molar-refractivity contribution is 0.586. The van der Waals surface area contributed by atoms with E-state index in [9.17, 15) is 0 Å². The van der Waals surface area contributed by atoms with E-state index in [1.165, 1.54) is 0 Å². The molecule has 0 aliphatic carbocycles. The Morgan fingerprint density at radius 1 is 1.33 bits per heavy atom. The molecule has 0 unspecified atom stereocenters. The van der Waals surface area contributed by atoms with E-state index in [-0.39, 0.29) is 0 Å². The van der Waals surface area contributed by atoms with E-state index < -0.39 is 0 Å². The Bertz CT molecular complexity index is 364. The molecule has 4 heteroatoms. The Labute approximate surface area is 116 Å². The van der Waals surface area contributed by atoms with E-state index in [0.717, 1.165) is 42.3 Å². The maximum Gasteiger partial charge on any atom is 0.128 e.